The van der Waals surface area contributed by atoms with Crippen LogP contribution in [0.25, 0.3) is 0 Å². The SMILES string of the molecule is CC(C)Oc1ccc(C(=O)N2CCNC(=O)C2CC(=O)OCc2ccccc2)cc1Br. The second-order valence-electron chi connectivity index (χ2n) is 7.47. The Bertz CT molecular complexity index is 948. The van der Waals surface area contributed by atoms with Crippen LogP contribution in [0.3, 0.4) is 0 Å². The number of piperazine rings is 1. The van der Waals surface area contributed by atoms with Gasteiger partial charge in [-0.1, -0.05) is 30.3 Å². The van der Waals surface area contributed by atoms with E-state index in [1.54, 1.807) is 18.2 Å². The molecule has 0 aliphatic carbocycles. The lowest BCUT2D eigenvalue weighted by atomic mass is 10.1. The summed E-state index contributed by atoms with van der Waals surface area (Å²) in [5.41, 5.74) is 1.26. The minimum atomic E-state index is -0.921. The number of nitrogens with one attached hydrogen (secondary N) is 1. The summed E-state index contributed by atoms with van der Waals surface area (Å²) in [6, 6.07) is 13.4. The molecule has 1 aliphatic heterocycles. The molecule has 0 bridgehead atoms. The maximum absolute atomic E-state index is 13.1. The maximum atomic E-state index is 13.1. The number of hydrogen-bond donors (Lipinski definition) is 1. The van der Waals surface area contributed by atoms with Gasteiger partial charge < -0.3 is 19.7 Å². The lowest BCUT2D eigenvalue weighted by Gasteiger charge is -2.34. The highest BCUT2D eigenvalue weighted by atomic mass is 79.9. The van der Waals surface area contributed by atoms with Crippen molar-refractivity contribution < 1.29 is 23.9 Å². The van der Waals surface area contributed by atoms with E-state index in [9.17, 15) is 14.4 Å². The minimum Gasteiger partial charge on any atom is -0.490 e. The topological polar surface area (TPSA) is 84.9 Å². The van der Waals surface area contributed by atoms with Gasteiger partial charge in [-0.3, -0.25) is 14.4 Å². The molecule has 1 N–H and O–H groups in total. The highest BCUT2D eigenvalue weighted by molar-refractivity contribution is 9.10. The molecule has 1 heterocycles. The first-order valence-corrected chi connectivity index (χ1v) is 10.9. The number of carbonyl (C=O) groups is 3. The summed E-state index contributed by atoms with van der Waals surface area (Å²) < 4.78 is 11.6. The quantitative estimate of drug-likeness (QED) is 0.604. The fraction of sp³-hybridized carbons (Fsp3) is 0.348. The molecular formula is C23H25BrN2O5. The molecule has 7 nitrogen and oxygen atoms in total. The zero-order chi connectivity index (χ0) is 22.4. The molecule has 2 amide bonds. The number of amides is 2. The van der Waals surface area contributed by atoms with Crippen molar-refractivity contribution in [1.82, 2.24) is 10.2 Å². The molecule has 1 saturated heterocycles. The van der Waals surface area contributed by atoms with Gasteiger partial charge in [0.15, 0.2) is 0 Å². The van der Waals surface area contributed by atoms with Gasteiger partial charge in [-0.2, -0.15) is 0 Å². The highest BCUT2D eigenvalue weighted by Gasteiger charge is 2.35. The van der Waals surface area contributed by atoms with Gasteiger partial charge in [0, 0.05) is 18.7 Å². The fourth-order valence-electron chi connectivity index (χ4n) is 3.26. The zero-order valence-electron chi connectivity index (χ0n) is 17.5. The average molecular weight is 489 g/mol. The van der Waals surface area contributed by atoms with Crippen LogP contribution in [0.15, 0.2) is 53.0 Å². The molecule has 0 saturated carbocycles. The van der Waals surface area contributed by atoms with Gasteiger partial charge in [0.05, 0.1) is 17.0 Å². The number of hydrogen-bond acceptors (Lipinski definition) is 5. The first kappa shape index (κ1) is 22.8. The van der Waals surface area contributed by atoms with E-state index < -0.39 is 12.0 Å². The predicted octanol–water partition coefficient (Wildman–Crippen LogP) is 3.31. The Kier molecular flexibility index (Phi) is 7.68. The number of halogens is 1. The van der Waals surface area contributed by atoms with Gasteiger partial charge in [0.1, 0.15) is 18.4 Å². The summed E-state index contributed by atoms with van der Waals surface area (Å²) in [6.45, 7) is 4.59. The van der Waals surface area contributed by atoms with Crippen LogP contribution in [-0.4, -0.2) is 47.9 Å². The molecule has 164 valence electrons. The van der Waals surface area contributed by atoms with Gasteiger partial charge in [0.2, 0.25) is 5.91 Å². The molecule has 8 heteroatoms. The van der Waals surface area contributed by atoms with Crippen LogP contribution >= 0.6 is 15.9 Å². The molecule has 1 unspecified atom stereocenters. The van der Waals surface area contributed by atoms with E-state index in [1.807, 2.05) is 44.2 Å². The maximum Gasteiger partial charge on any atom is 0.308 e. The molecule has 0 spiro atoms. The Balaban J connectivity index is 1.69. The monoisotopic (exact) mass is 488 g/mol. The van der Waals surface area contributed by atoms with Gasteiger partial charge in [-0.15, -0.1) is 0 Å². The lowest BCUT2D eigenvalue weighted by Crippen LogP contribution is -2.57. The standard InChI is InChI=1S/C23H25BrN2O5/c1-15(2)31-20-9-8-17(12-18(20)24)23(29)26-11-10-25-22(28)19(26)13-21(27)30-14-16-6-4-3-5-7-16/h3-9,12,15,19H,10-11,13-14H2,1-2H3,(H,25,28). The lowest BCUT2D eigenvalue weighted by molar-refractivity contribution is -0.148. The first-order valence-electron chi connectivity index (χ1n) is 10.1. The minimum absolute atomic E-state index is 0.00470. The molecule has 31 heavy (non-hydrogen) atoms. The number of benzene rings is 2. The summed E-state index contributed by atoms with van der Waals surface area (Å²) >= 11 is 3.43. The molecule has 1 aliphatic rings. The van der Waals surface area contributed by atoms with Crippen molar-refractivity contribution in [3.63, 3.8) is 0 Å². The molecular weight excluding hydrogens is 464 g/mol. The second kappa shape index (κ2) is 10.4. The third-order valence-corrected chi connectivity index (χ3v) is 5.36. The summed E-state index contributed by atoms with van der Waals surface area (Å²) in [4.78, 5) is 39.4. The number of carbonyl (C=O) groups excluding carboxylic acids is 3. The number of esters is 1. The van der Waals surface area contributed by atoms with Gasteiger partial charge in [-0.05, 0) is 53.5 Å². The van der Waals surface area contributed by atoms with E-state index in [4.69, 9.17) is 9.47 Å². The van der Waals surface area contributed by atoms with E-state index in [-0.39, 0.29) is 30.9 Å². The summed E-state index contributed by atoms with van der Waals surface area (Å²) in [7, 11) is 0. The van der Waals surface area contributed by atoms with Crippen LogP contribution in [0.5, 0.6) is 5.75 Å². The van der Waals surface area contributed by atoms with Gasteiger partial charge in [-0.25, -0.2) is 0 Å². The van der Waals surface area contributed by atoms with E-state index >= 15 is 0 Å². The van der Waals surface area contributed by atoms with Crippen LogP contribution in [0, 0.1) is 0 Å². The van der Waals surface area contributed by atoms with Crippen LogP contribution in [0.4, 0.5) is 0 Å². The van der Waals surface area contributed by atoms with Gasteiger partial charge >= 0.3 is 5.97 Å². The smallest absolute Gasteiger partial charge is 0.308 e. The van der Waals surface area contributed by atoms with Crippen molar-refractivity contribution in [3.05, 3.63) is 64.1 Å². The zero-order valence-corrected chi connectivity index (χ0v) is 19.1. The van der Waals surface area contributed by atoms with Crippen molar-refractivity contribution >= 4 is 33.7 Å². The van der Waals surface area contributed by atoms with Crippen molar-refractivity contribution in [3.8, 4) is 5.75 Å². The van der Waals surface area contributed by atoms with E-state index in [0.717, 1.165) is 5.56 Å². The normalized spacial score (nSPS) is 16.1. The molecule has 0 aromatic heterocycles. The number of ether oxygens (including phenoxy) is 2. The van der Waals surface area contributed by atoms with E-state index in [0.29, 0.717) is 28.9 Å². The van der Waals surface area contributed by atoms with Crippen LogP contribution < -0.4 is 10.1 Å². The Morgan fingerprint density at radius 2 is 1.94 bits per heavy atom. The molecule has 0 radical (unpaired) electrons. The first-order chi connectivity index (χ1) is 14.8. The van der Waals surface area contributed by atoms with Crippen LogP contribution in [0.1, 0.15) is 36.2 Å². The number of rotatable bonds is 7. The van der Waals surface area contributed by atoms with Gasteiger partial charge in [0.25, 0.3) is 5.91 Å². The largest absolute Gasteiger partial charge is 0.490 e. The van der Waals surface area contributed by atoms with Crippen molar-refractivity contribution in [2.75, 3.05) is 13.1 Å². The predicted molar refractivity (Wildman–Crippen MR) is 119 cm³/mol. The van der Waals surface area contributed by atoms with Crippen LogP contribution in [-0.2, 0) is 20.9 Å². The van der Waals surface area contributed by atoms with E-state index in [1.165, 1.54) is 4.90 Å². The fourth-order valence-corrected chi connectivity index (χ4v) is 3.74. The number of nitrogens with zero attached hydrogens (tertiary/aromatic N) is 1. The molecule has 2 aromatic rings. The molecule has 2 aromatic carbocycles. The van der Waals surface area contributed by atoms with Crippen molar-refractivity contribution in [1.29, 1.82) is 0 Å². The highest BCUT2D eigenvalue weighted by Crippen LogP contribution is 2.28. The molecule has 3 rings (SSSR count). The summed E-state index contributed by atoms with van der Waals surface area (Å²) in [6.07, 6.45) is -0.213. The van der Waals surface area contributed by atoms with E-state index in [2.05, 4.69) is 21.2 Å². The third kappa shape index (κ3) is 6.07. The Morgan fingerprint density at radius 3 is 2.61 bits per heavy atom. The average Bonchev–Trinajstić information content (AvgIpc) is 2.75. The summed E-state index contributed by atoms with van der Waals surface area (Å²) in [5.74, 6) is -0.600. The van der Waals surface area contributed by atoms with Crippen molar-refractivity contribution in [2.45, 2.75) is 39.0 Å². The Labute approximate surface area is 189 Å². The van der Waals surface area contributed by atoms with Crippen molar-refractivity contribution in [2.24, 2.45) is 0 Å². The summed E-state index contributed by atoms with van der Waals surface area (Å²) in [5, 5.41) is 2.72. The Hall–Kier alpha value is -2.87. The Morgan fingerprint density at radius 1 is 1.19 bits per heavy atom. The molecule has 1 atom stereocenters. The molecule has 1 fully saturated rings. The second-order valence-corrected chi connectivity index (χ2v) is 8.32. The van der Waals surface area contributed by atoms with Crippen LogP contribution in [0.2, 0.25) is 0 Å². The third-order valence-electron chi connectivity index (χ3n) is 4.74.